The molecule has 3 rings (SSSR count). The van der Waals surface area contributed by atoms with E-state index in [4.69, 9.17) is 0 Å². The van der Waals surface area contributed by atoms with Gasteiger partial charge in [-0.3, -0.25) is 14.4 Å². The number of nitrogens with zero attached hydrogens (tertiary/aromatic N) is 3. The first-order valence-corrected chi connectivity index (χ1v) is 10.2. The smallest absolute Gasteiger partial charge is 0.387 e. The average Bonchev–Trinajstić information content (AvgIpc) is 3.42. The molecule has 2 aromatic rings. The van der Waals surface area contributed by atoms with Crippen LogP contribution in [0.25, 0.3) is 0 Å². The van der Waals surface area contributed by atoms with Crippen LogP contribution >= 0.6 is 0 Å². The molecule has 1 aromatic heterocycles. The maximum Gasteiger partial charge on any atom is 0.387 e. The maximum atomic E-state index is 13.1. The number of amides is 3. The van der Waals surface area contributed by atoms with Crippen molar-refractivity contribution in [2.24, 2.45) is 0 Å². The lowest BCUT2D eigenvalue weighted by Gasteiger charge is -2.23. The lowest BCUT2D eigenvalue weighted by Crippen LogP contribution is -2.39. The van der Waals surface area contributed by atoms with Crippen LogP contribution in [0.5, 0.6) is 5.75 Å². The molecule has 0 radical (unpaired) electrons. The van der Waals surface area contributed by atoms with Crippen molar-refractivity contribution in [1.29, 1.82) is 0 Å². The fraction of sp³-hybridized carbons (Fsp3) is 0.429. The molecule has 0 bridgehead atoms. The largest absolute Gasteiger partial charge is 0.434 e. The van der Waals surface area contributed by atoms with E-state index in [9.17, 15) is 23.2 Å². The second-order valence-corrected chi connectivity index (χ2v) is 7.46. The number of para-hydroxylation sites is 1. The van der Waals surface area contributed by atoms with Crippen molar-refractivity contribution in [2.45, 2.75) is 39.0 Å². The first-order chi connectivity index (χ1) is 15.3. The van der Waals surface area contributed by atoms with E-state index in [2.05, 4.69) is 20.0 Å². The van der Waals surface area contributed by atoms with Gasteiger partial charge in [-0.25, -0.2) is 4.98 Å². The van der Waals surface area contributed by atoms with Gasteiger partial charge in [-0.15, -0.1) is 0 Å². The van der Waals surface area contributed by atoms with E-state index in [-0.39, 0.29) is 42.3 Å². The number of imidazole rings is 1. The van der Waals surface area contributed by atoms with Crippen LogP contribution in [0.4, 0.5) is 8.78 Å². The van der Waals surface area contributed by atoms with Gasteiger partial charge in [0.1, 0.15) is 18.0 Å². The molecule has 172 valence electrons. The topological polar surface area (TPSA) is 108 Å². The molecule has 1 aromatic carbocycles. The number of nitrogens with one attached hydrogen (secondary N) is 2. The quantitative estimate of drug-likeness (QED) is 0.641. The number of benzene rings is 1. The van der Waals surface area contributed by atoms with Crippen LogP contribution in [0.1, 0.15) is 46.4 Å². The van der Waals surface area contributed by atoms with E-state index in [1.165, 1.54) is 31.4 Å². The van der Waals surface area contributed by atoms with Crippen molar-refractivity contribution in [3.8, 4) is 5.75 Å². The summed E-state index contributed by atoms with van der Waals surface area (Å²) in [5, 5.41) is 2.43. The summed E-state index contributed by atoms with van der Waals surface area (Å²) >= 11 is 0. The Balaban J connectivity index is 1.82. The number of likely N-dealkylation sites (tertiary alicyclic amines) is 1. The summed E-state index contributed by atoms with van der Waals surface area (Å²) in [6.07, 6.45) is 3.03. The number of carbonyl (C=O) groups excluding carboxylic acids is 3. The first kappa shape index (κ1) is 23.2. The first-order valence-electron chi connectivity index (χ1n) is 10.2. The normalized spacial score (nSPS) is 15.7. The Morgan fingerprint density at radius 1 is 1.34 bits per heavy atom. The van der Waals surface area contributed by atoms with Gasteiger partial charge >= 0.3 is 6.61 Å². The molecule has 0 saturated carbocycles. The number of H-pyrrole nitrogens is 1. The van der Waals surface area contributed by atoms with Crippen molar-refractivity contribution >= 4 is 17.7 Å². The predicted molar refractivity (Wildman–Crippen MR) is 110 cm³/mol. The highest BCUT2D eigenvalue weighted by molar-refractivity contribution is 5.97. The van der Waals surface area contributed by atoms with Crippen LogP contribution in [-0.2, 0) is 11.3 Å². The number of ether oxygens (including phenoxy) is 1. The number of rotatable bonds is 8. The minimum Gasteiger partial charge on any atom is -0.434 e. The molecular formula is C21H25F2N5O4. The lowest BCUT2D eigenvalue weighted by molar-refractivity contribution is -0.121. The molecule has 1 saturated heterocycles. The number of hydrogen-bond donors (Lipinski definition) is 2. The Kier molecular flexibility index (Phi) is 7.39. The van der Waals surface area contributed by atoms with Crippen LogP contribution in [0.3, 0.4) is 0 Å². The predicted octanol–water partition coefficient (Wildman–Crippen LogP) is 2.02. The molecule has 11 heteroatoms. The standard InChI is InChI=1S/C21H25F2N5O4/c1-13-6-5-9-28(13)20(31)18-25-10-15(26-18)19(30)27(12-17(29)24-2)11-14-7-3-4-8-16(14)32-21(22)23/h3-4,7-8,10,13,21H,5-6,9,11-12H2,1-2H3,(H,24,29)(H,25,26). The Morgan fingerprint density at radius 3 is 2.75 bits per heavy atom. The van der Waals surface area contributed by atoms with E-state index in [1.54, 1.807) is 11.0 Å². The van der Waals surface area contributed by atoms with Crippen LogP contribution in [0, 0.1) is 0 Å². The summed E-state index contributed by atoms with van der Waals surface area (Å²) in [4.78, 5) is 47.4. The number of carbonyl (C=O) groups is 3. The average molecular weight is 449 g/mol. The van der Waals surface area contributed by atoms with Crippen LogP contribution in [0.15, 0.2) is 30.5 Å². The zero-order valence-electron chi connectivity index (χ0n) is 17.8. The third kappa shape index (κ3) is 5.40. The van der Waals surface area contributed by atoms with E-state index in [1.807, 2.05) is 6.92 Å². The fourth-order valence-corrected chi connectivity index (χ4v) is 3.58. The second-order valence-electron chi connectivity index (χ2n) is 7.46. The third-order valence-electron chi connectivity index (χ3n) is 5.27. The Morgan fingerprint density at radius 2 is 2.09 bits per heavy atom. The van der Waals surface area contributed by atoms with Gasteiger partial charge < -0.3 is 24.8 Å². The summed E-state index contributed by atoms with van der Waals surface area (Å²) in [7, 11) is 1.42. The van der Waals surface area contributed by atoms with E-state index in [0.29, 0.717) is 12.1 Å². The van der Waals surface area contributed by atoms with Crippen molar-refractivity contribution in [3.05, 3.63) is 47.5 Å². The zero-order valence-corrected chi connectivity index (χ0v) is 17.8. The van der Waals surface area contributed by atoms with E-state index in [0.717, 1.165) is 17.7 Å². The van der Waals surface area contributed by atoms with Crippen LogP contribution in [0.2, 0.25) is 0 Å². The number of alkyl halides is 2. The molecule has 1 aliphatic rings. The van der Waals surface area contributed by atoms with Gasteiger partial charge in [0.05, 0.1) is 12.7 Å². The third-order valence-corrected chi connectivity index (χ3v) is 5.27. The van der Waals surface area contributed by atoms with Gasteiger partial charge in [-0.05, 0) is 25.8 Å². The molecule has 2 heterocycles. The van der Waals surface area contributed by atoms with Crippen LogP contribution < -0.4 is 10.1 Å². The molecule has 2 N–H and O–H groups in total. The second kappa shape index (κ2) is 10.2. The summed E-state index contributed by atoms with van der Waals surface area (Å²) < 4.78 is 30.0. The maximum absolute atomic E-state index is 13.1. The number of likely N-dealkylation sites (N-methyl/N-ethyl adjacent to an activating group) is 1. The number of aromatic nitrogens is 2. The lowest BCUT2D eigenvalue weighted by atomic mass is 10.1. The van der Waals surface area contributed by atoms with E-state index >= 15 is 0 Å². The zero-order chi connectivity index (χ0) is 23.3. The molecule has 1 unspecified atom stereocenters. The van der Waals surface area contributed by atoms with Crippen molar-refractivity contribution in [1.82, 2.24) is 25.1 Å². The number of hydrogen-bond acceptors (Lipinski definition) is 5. The van der Waals surface area contributed by atoms with E-state index < -0.39 is 18.4 Å². The molecule has 32 heavy (non-hydrogen) atoms. The Hall–Kier alpha value is -3.50. The minimum absolute atomic E-state index is 0.0105. The van der Waals surface area contributed by atoms with Gasteiger partial charge in [-0.1, -0.05) is 18.2 Å². The molecule has 1 fully saturated rings. The van der Waals surface area contributed by atoms with Gasteiger partial charge in [-0.2, -0.15) is 8.78 Å². The van der Waals surface area contributed by atoms with Gasteiger partial charge in [0.15, 0.2) is 5.82 Å². The molecular weight excluding hydrogens is 424 g/mol. The number of halogens is 2. The monoisotopic (exact) mass is 449 g/mol. The molecule has 0 spiro atoms. The molecule has 1 aliphatic heterocycles. The summed E-state index contributed by atoms with van der Waals surface area (Å²) in [5.74, 6) is -1.43. The highest BCUT2D eigenvalue weighted by Gasteiger charge is 2.29. The highest BCUT2D eigenvalue weighted by atomic mass is 19.3. The highest BCUT2D eigenvalue weighted by Crippen LogP contribution is 2.23. The summed E-state index contributed by atoms with van der Waals surface area (Å²) in [6.45, 7) is -0.962. The molecule has 0 aliphatic carbocycles. The van der Waals surface area contributed by atoms with Crippen molar-refractivity contribution in [3.63, 3.8) is 0 Å². The molecule has 9 nitrogen and oxygen atoms in total. The van der Waals surface area contributed by atoms with Gasteiger partial charge in [0.25, 0.3) is 11.8 Å². The minimum atomic E-state index is -3.03. The van der Waals surface area contributed by atoms with Crippen LogP contribution in [-0.4, -0.2) is 70.3 Å². The Labute approximate surface area is 183 Å². The van der Waals surface area contributed by atoms with Crippen molar-refractivity contribution in [2.75, 3.05) is 20.1 Å². The molecule has 3 amide bonds. The summed E-state index contributed by atoms with van der Waals surface area (Å²) in [6, 6.07) is 6.11. The van der Waals surface area contributed by atoms with Gasteiger partial charge in [0, 0.05) is 25.2 Å². The van der Waals surface area contributed by atoms with Crippen molar-refractivity contribution < 1.29 is 27.9 Å². The SMILES string of the molecule is CNC(=O)CN(Cc1ccccc1OC(F)F)C(=O)c1cnc(C(=O)N2CCCC2C)[nH]1. The molecule has 1 atom stereocenters. The summed E-state index contributed by atoms with van der Waals surface area (Å²) in [5.41, 5.74) is 0.308. The fourth-order valence-electron chi connectivity index (χ4n) is 3.58. The Bertz CT molecular complexity index is 981. The number of aromatic amines is 1. The van der Waals surface area contributed by atoms with Gasteiger partial charge in [0.2, 0.25) is 5.91 Å².